The van der Waals surface area contributed by atoms with Gasteiger partial charge in [-0.05, 0) is 25.0 Å². The molecule has 0 saturated carbocycles. The number of fused-ring (bicyclic) bond motifs is 1. The maximum Gasteiger partial charge on any atom is 0.328 e. The van der Waals surface area contributed by atoms with Gasteiger partial charge in [-0.1, -0.05) is 18.2 Å². The molecular formula is C14H16N2O4. The number of anilines is 1. The number of hydrogen-bond acceptors (Lipinski definition) is 3. The Balaban J connectivity index is 2.03. The van der Waals surface area contributed by atoms with Gasteiger partial charge in [0.1, 0.15) is 0 Å². The van der Waals surface area contributed by atoms with Gasteiger partial charge in [0.05, 0.1) is 6.42 Å². The summed E-state index contributed by atoms with van der Waals surface area (Å²) in [5, 5.41) is 10.7. The number of imide groups is 1. The summed E-state index contributed by atoms with van der Waals surface area (Å²) in [7, 11) is 0. The Bertz CT molecular complexity index is 556. The summed E-state index contributed by atoms with van der Waals surface area (Å²) in [6.45, 7) is 1.90. The molecule has 1 atom stereocenters. The molecule has 1 heterocycles. The molecule has 6 nitrogen and oxygen atoms in total. The lowest BCUT2D eigenvalue weighted by Gasteiger charge is -2.22. The van der Waals surface area contributed by atoms with E-state index in [1.165, 1.54) is 4.90 Å². The van der Waals surface area contributed by atoms with Crippen molar-refractivity contribution in [2.75, 3.05) is 4.90 Å². The molecule has 106 valence electrons. The molecule has 6 heteroatoms. The van der Waals surface area contributed by atoms with Crippen LogP contribution in [0.2, 0.25) is 0 Å². The number of benzene rings is 1. The highest BCUT2D eigenvalue weighted by Gasteiger charge is 2.31. The first kappa shape index (κ1) is 14.0. The summed E-state index contributed by atoms with van der Waals surface area (Å²) < 4.78 is 0. The standard InChI is InChI=1S/C14H16N2O4/c1-9-8-10-4-2-3-5-11(10)16(9)14(20)15-12(17)6-7-13(18)19/h2-5,9H,6-8H2,1H3,(H,18,19)(H,15,17,20). The number of amides is 3. The van der Waals surface area contributed by atoms with Crippen LogP contribution in [0.25, 0.3) is 0 Å². The van der Waals surface area contributed by atoms with Crippen molar-refractivity contribution >= 4 is 23.6 Å². The van der Waals surface area contributed by atoms with E-state index in [2.05, 4.69) is 5.32 Å². The minimum Gasteiger partial charge on any atom is -0.481 e. The number of carboxylic acids is 1. The van der Waals surface area contributed by atoms with E-state index < -0.39 is 17.9 Å². The van der Waals surface area contributed by atoms with E-state index in [0.29, 0.717) is 0 Å². The first-order chi connectivity index (χ1) is 9.49. The third-order valence-electron chi connectivity index (χ3n) is 3.24. The minimum atomic E-state index is -1.06. The summed E-state index contributed by atoms with van der Waals surface area (Å²) in [4.78, 5) is 35.6. The van der Waals surface area contributed by atoms with E-state index in [-0.39, 0.29) is 18.9 Å². The van der Waals surface area contributed by atoms with Crippen LogP contribution in [0.4, 0.5) is 10.5 Å². The number of carboxylic acid groups (broad SMARTS) is 1. The highest BCUT2D eigenvalue weighted by Crippen LogP contribution is 2.31. The summed E-state index contributed by atoms with van der Waals surface area (Å²) in [6, 6.07) is 7.00. The lowest BCUT2D eigenvalue weighted by Crippen LogP contribution is -2.45. The van der Waals surface area contributed by atoms with Crippen LogP contribution in [0, 0.1) is 0 Å². The maximum atomic E-state index is 12.1. The normalized spacial score (nSPS) is 16.6. The third-order valence-corrected chi connectivity index (χ3v) is 3.24. The van der Waals surface area contributed by atoms with Crippen molar-refractivity contribution < 1.29 is 19.5 Å². The molecule has 1 aromatic rings. The Morgan fingerprint density at radius 3 is 2.70 bits per heavy atom. The van der Waals surface area contributed by atoms with E-state index in [1.54, 1.807) is 0 Å². The van der Waals surface area contributed by atoms with Gasteiger partial charge < -0.3 is 5.11 Å². The molecule has 2 rings (SSSR count). The first-order valence-electron chi connectivity index (χ1n) is 6.42. The maximum absolute atomic E-state index is 12.1. The zero-order valence-electron chi connectivity index (χ0n) is 11.1. The average Bonchev–Trinajstić information content (AvgIpc) is 2.72. The number of rotatable bonds is 3. The molecule has 2 N–H and O–H groups in total. The molecule has 3 amide bonds. The Kier molecular flexibility index (Phi) is 4.02. The number of nitrogens with one attached hydrogen (secondary N) is 1. The van der Waals surface area contributed by atoms with Gasteiger partial charge in [0, 0.05) is 18.2 Å². The van der Waals surface area contributed by atoms with Crippen molar-refractivity contribution in [1.29, 1.82) is 0 Å². The van der Waals surface area contributed by atoms with E-state index in [9.17, 15) is 14.4 Å². The number of hydrogen-bond donors (Lipinski definition) is 2. The van der Waals surface area contributed by atoms with Crippen LogP contribution in [-0.4, -0.2) is 29.1 Å². The van der Waals surface area contributed by atoms with Gasteiger partial charge in [-0.3, -0.25) is 19.8 Å². The fourth-order valence-corrected chi connectivity index (χ4v) is 2.34. The van der Waals surface area contributed by atoms with Crippen LogP contribution in [0.5, 0.6) is 0 Å². The molecule has 0 fully saturated rings. The summed E-state index contributed by atoms with van der Waals surface area (Å²) in [5.74, 6) is -1.64. The van der Waals surface area contributed by atoms with Crippen molar-refractivity contribution in [3.05, 3.63) is 29.8 Å². The average molecular weight is 276 g/mol. The molecule has 1 aliphatic heterocycles. The molecule has 0 aromatic heterocycles. The Morgan fingerprint density at radius 1 is 1.30 bits per heavy atom. The monoisotopic (exact) mass is 276 g/mol. The fraction of sp³-hybridized carbons (Fsp3) is 0.357. The van der Waals surface area contributed by atoms with Gasteiger partial charge in [0.25, 0.3) is 0 Å². The number of aliphatic carboxylic acids is 1. The first-order valence-corrected chi connectivity index (χ1v) is 6.42. The van der Waals surface area contributed by atoms with Crippen LogP contribution < -0.4 is 10.2 Å². The lowest BCUT2D eigenvalue weighted by atomic mass is 10.1. The SMILES string of the molecule is CC1Cc2ccccc2N1C(=O)NC(=O)CCC(=O)O. The van der Waals surface area contributed by atoms with Crippen molar-refractivity contribution in [2.24, 2.45) is 0 Å². The molecule has 0 bridgehead atoms. The van der Waals surface area contributed by atoms with Crippen molar-refractivity contribution in [1.82, 2.24) is 5.32 Å². The van der Waals surface area contributed by atoms with Gasteiger partial charge in [0.15, 0.2) is 0 Å². The highest BCUT2D eigenvalue weighted by molar-refractivity contribution is 6.04. The molecular weight excluding hydrogens is 260 g/mol. The van der Waals surface area contributed by atoms with Gasteiger partial charge >= 0.3 is 12.0 Å². The predicted molar refractivity (Wildman–Crippen MR) is 72.5 cm³/mol. The Labute approximate surface area is 116 Å². The summed E-state index contributed by atoms with van der Waals surface area (Å²) in [5.41, 5.74) is 1.86. The highest BCUT2D eigenvalue weighted by atomic mass is 16.4. The van der Waals surface area contributed by atoms with Gasteiger partial charge in [0.2, 0.25) is 5.91 Å². The smallest absolute Gasteiger partial charge is 0.328 e. The number of carbonyl (C=O) groups excluding carboxylic acids is 2. The second-order valence-corrected chi connectivity index (χ2v) is 4.80. The number of nitrogens with zero attached hydrogens (tertiary/aromatic N) is 1. The second kappa shape index (κ2) is 5.73. The van der Waals surface area contributed by atoms with E-state index >= 15 is 0 Å². The predicted octanol–water partition coefficient (Wildman–Crippen LogP) is 1.54. The van der Waals surface area contributed by atoms with Crippen LogP contribution in [-0.2, 0) is 16.0 Å². The number of urea groups is 1. The van der Waals surface area contributed by atoms with Gasteiger partial charge in [-0.25, -0.2) is 4.79 Å². The molecule has 20 heavy (non-hydrogen) atoms. The van der Waals surface area contributed by atoms with Gasteiger partial charge in [-0.15, -0.1) is 0 Å². The lowest BCUT2D eigenvalue weighted by molar-refractivity contribution is -0.138. The Hall–Kier alpha value is -2.37. The number of carbonyl (C=O) groups is 3. The van der Waals surface area contributed by atoms with E-state index in [1.807, 2.05) is 31.2 Å². The topological polar surface area (TPSA) is 86.7 Å². The van der Waals surface area contributed by atoms with E-state index in [4.69, 9.17) is 5.11 Å². The van der Waals surface area contributed by atoms with Crippen LogP contribution in [0.1, 0.15) is 25.3 Å². The molecule has 0 saturated heterocycles. The van der Waals surface area contributed by atoms with Crippen molar-refractivity contribution in [3.63, 3.8) is 0 Å². The van der Waals surface area contributed by atoms with Crippen molar-refractivity contribution in [3.8, 4) is 0 Å². The molecule has 0 aliphatic carbocycles. The van der Waals surface area contributed by atoms with Crippen molar-refractivity contribution in [2.45, 2.75) is 32.2 Å². The zero-order chi connectivity index (χ0) is 14.7. The Morgan fingerprint density at radius 2 is 2.00 bits per heavy atom. The molecule has 1 unspecified atom stereocenters. The molecule has 1 aromatic carbocycles. The van der Waals surface area contributed by atoms with Crippen LogP contribution in [0.15, 0.2) is 24.3 Å². The van der Waals surface area contributed by atoms with E-state index in [0.717, 1.165) is 17.7 Å². The molecule has 0 radical (unpaired) electrons. The number of para-hydroxylation sites is 1. The molecule has 0 spiro atoms. The fourth-order valence-electron chi connectivity index (χ4n) is 2.34. The minimum absolute atomic E-state index is 0.0281. The second-order valence-electron chi connectivity index (χ2n) is 4.80. The summed E-state index contributed by atoms with van der Waals surface area (Å²) in [6.07, 6.45) is 0.253. The van der Waals surface area contributed by atoms with Crippen LogP contribution >= 0.6 is 0 Å². The zero-order valence-corrected chi connectivity index (χ0v) is 11.1. The quantitative estimate of drug-likeness (QED) is 0.876. The largest absolute Gasteiger partial charge is 0.481 e. The molecule has 1 aliphatic rings. The third kappa shape index (κ3) is 2.96. The summed E-state index contributed by atoms with van der Waals surface area (Å²) >= 11 is 0. The van der Waals surface area contributed by atoms with Gasteiger partial charge in [-0.2, -0.15) is 0 Å². The van der Waals surface area contributed by atoms with Crippen LogP contribution in [0.3, 0.4) is 0 Å².